The van der Waals surface area contributed by atoms with E-state index >= 15 is 0 Å². The third kappa shape index (κ3) is 3.69. The number of hydrogen-bond acceptors (Lipinski definition) is 5. The predicted molar refractivity (Wildman–Crippen MR) is 77.4 cm³/mol. The van der Waals surface area contributed by atoms with E-state index in [1.54, 1.807) is 18.7 Å². The molecule has 1 aliphatic rings. The van der Waals surface area contributed by atoms with Crippen molar-refractivity contribution < 1.29 is 14.5 Å². The number of ether oxygens (including phenoxy) is 1. The van der Waals surface area contributed by atoms with Crippen LogP contribution in [0.5, 0.6) is 5.75 Å². The van der Waals surface area contributed by atoms with Gasteiger partial charge >= 0.3 is 0 Å². The van der Waals surface area contributed by atoms with E-state index < -0.39 is 11.0 Å². The molecule has 1 amide bonds. The normalized spacial score (nSPS) is 16.4. The molecule has 0 bridgehead atoms. The van der Waals surface area contributed by atoms with E-state index in [-0.39, 0.29) is 11.6 Å². The number of nitrogens with one attached hydrogen (secondary N) is 1. The molecule has 0 aliphatic carbocycles. The molecule has 1 heterocycles. The highest BCUT2D eigenvalue weighted by molar-refractivity contribution is 5.81. The maximum Gasteiger partial charge on any atom is 0.269 e. The molecular weight excluding hydrogens is 274 g/mol. The molecule has 0 spiro atoms. The zero-order chi connectivity index (χ0) is 15.4. The minimum absolute atomic E-state index is 0.0148. The Balaban J connectivity index is 2.03. The van der Waals surface area contributed by atoms with Crippen LogP contribution < -0.4 is 10.1 Å². The Labute approximate surface area is 123 Å². The largest absolute Gasteiger partial charge is 0.481 e. The lowest BCUT2D eigenvalue weighted by Gasteiger charge is -2.30. The number of nitro groups is 1. The Hall–Kier alpha value is -2.15. The van der Waals surface area contributed by atoms with Crippen LogP contribution in [0.15, 0.2) is 18.2 Å². The smallest absolute Gasteiger partial charge is 0.269 e. The standard InChI is InChI=1S/C14H19N3O4/c1-10-9-12(17(19)20)3-4-13(10)21-11(2)14(18)16-7-5-15-6-8-16/h3-4,9,11,15H,5-8H2,1-2H3. The summed E-state index contributed by atoms with van der Waals surface area (Å²) in [5, 5.41) is 13.9. The fourth-order valence-corrected chi connectivity index (χ4v) is 2.26. The molecule has 7 nitrogen and oxygen atoms in total. The van der Waals surface area contributed by atoms with Crippen molar-refractivity contribution in [3.8, 4) is 5.75 Å². The number of non-ortho nitro benzene ring substituents is 1. The summed E-state index contributed by atoms with van der Waals surface area (Å²) in [4.78, 5) is 24.3. The van der Waals surface area contributed by atoms with Gasteiger partial charge in [0.15, 0.2) is 6.10 Å². The van der Waals surface area contributed by atoms with Crippen LogP contribution in [0.2, 0.25) is 0 Å². The summed E-state index contributed by atoms with van der Waals surface area (Å²) in [6.45, 7) is 6.34. The lowest BCUT2D eigenvalue weighted by molar-refractivity contribution is -0.384. The van der Waals surface area contributed by atoms with Crippen LogP contribution in [0.4, 0.5) is 5.69 Å². The summed E-state index contributed by atoms with van der Waals surface area (Å²) in [5.41, 5.74) is 0.657. The van der Waals surface area contributed by atoms with Gasteiger partial charge in [-0.1, -0.05) is 0 Å². The molecule has 0 aromatic heterocycles. The fraction of sp³-hybridized carbons (Fsp3) is 0.500. The lowest BCUT2D eigenvalue weighted by Crippen LogP contribution is -2.50. The SMILES string of the molecule is Cc1cc([N+](=O)[O-])ccc1OC(C)C(=O)N1CCNCC1. The summed E-state index contributed by atoms with van der Waals surface area (Å²) < 4.78 is 5.66. The molecule has 1 atom stereocenters. The van der Waals surface area contributed by atoms with Gasteiger partial charge in [0, 0.05) is 38.3 Å². The first-order valence-corrected chi connectivity index (χ1v) is 6.90. The van der Waals surface area contributed by atoms with Gasteiger partial charge in [0.2, 0.25) is 0 Å². The molecule has 21 heavy (non-hydrogen) atoms. The summed E-state index contributed by atoms with van der Waals surface area (Å²) in [6.07, 6.45) is -0.608. The van der Waals surface area contributed by atoms with Crippen molar-refractivity contribution in [3.05, 3.63) is 33.9 Å². The molecule has 7 heteroatoms. The van der Waals surface area contributed by atoms with E-state index in [9.17, 15) is 14.9 Å². The Bertz CT molecular complexity index is 541. The summed E-state index contributed by atoms with van der Waals surface area (Å²) >= 11 is 0. The van der Waals surface area contributed by atoms with Gasteiger partial charge in [-0.2, -0.15) is 0 Å². The number of hydrogen-bond donors (Lipinski definition) is 1. The molecule has 114 valence electrons. The van der Waals surface area contributed by atoms with E-state index in [2.05, 4.69) is 5.32 Å². The zero-order valence-electron chi connectivity index (χ0n) is 12.2. The number of piperazine rings is 1. The van der Waals surface area contributed by atoms with Crippen molar-refractivity contribution >= 4 is 11.6 Å². The predicted octanol–water partition coefficient (Wildman–Crippen LogP) is 1.10. The van der Waals surface area contributed by atoms with Crippen molar-refractivity contribution in [2.45, 2.75) is 20.0 Å². The minimum atomic E-state index is -0.608. The van der Waals surface area contributed by atoms with E-state index in [4.69, 9.17) is 4.74 Å². The Morgan fingerprint density at radius 1 is 1.43 bits per heavy atom. The summed E-state index contributed by atoms with van der Waals surface area (Å²) in [7, 11) is 0. The highest BCUT2D eigenvalue weighted by Crippen LogP contribution is 2.24. The van der Waals surface area contributed by atoms with Gasteiger partial charge in [0.25, 0.3) is 11.6 Å². The van der Waals surface area contributed by atoms with E-state index in [1.165, 1.54) is 18.2 Å². The average Bonchev–Trinajstić information content (AvgIpc) is 2.49. The number of carbonyl (C=O) groups excluding carboxylic acids is 1. The van der Waals surface area contributed by atoms with Crippen molar-refractivity contribution in [2.75, 3.05) is 26.2 Å². The topological polar surface area (TPSA) is 84.7 Å². The molecule has 1 fully saturated rings. The maximum atomic E-state index is 12.3. The first-order chi connectivity index (χ1) is 9.99. The zero-order valence-corrected chi connectivity index (χ0v) is 12.2. The first-order valence-electron chi connectivity index (χ1n) is 6.90. The number of nitrogens with zero attached hydrogens (tertiary/aromatic N) is 2. The second kappa shape index (κ2) is 6.53. The number of carbonyl (C=O) groups is 1. The first kappa shape index (κ1) is 15.2. The molecular formula is C14H19N3O4. The van der Waals surface area contributed by atoms with Crippen molar-refractivity contribution in [1.82, 2.24) is 10.2 Å². The Morgan fingerprint density at radius 2 is 2.10 bits per heavy atom. The second-order valence-corrected chi connectivity index (χ2v) is 5.04. The quantitative estimate of drug-likeness (QED) is 0.664. The van der Waals surface area contributed by atoms with E-state index in [0.29, 0.717) is 24.4 Å². The van der Waals surface area contributed by atoms with Crippen molar-refractivity contribution in [3.63, 3.8) is 0 Å². The van der Waals surface area contributed by atoms with Crippen molar-refractivity contribution in [1.29, 1.82) is 0 Å². The summed E-state index contributed by atoms with van der Waals surface area (Å²) in [5.74, 6) is 0.436. The summed E-state index contributed by atoms with van der Waals surface area (Å²) in [6, 6.07) is 4.36. The Kier molecular flexibility index (Phi) is 4.74. The number of aryl methyl sites for hydroxylation is 1. The maximum absolute atomic E-state index is 12.3. The van der Waals surface area contributed by atoms with Crippen LogP contribution in [0, 0.1) is 17.0 Å². The highest BCUT2D eigenvalue weighted by Gasteiger charge is 2.24. The van der Waals surface area contributed by atoms with Crippen LogP contribution in [-0.2, 0) is 4.79 Å². The number of amides is 1. The highest BCUT2D eigenvalue weighted by atomic mass is 16.6. The van der Waals surface area contributed by atoms with Gasteiger partial charge in [0.05, 0.1) is 4.92 Å². The third-order valence-electron chi connectivity index (χ3n) is 3.45. The molecule has 1 N–H and O–H groups in total. The monoisotopic (exact) mass is 293 g/mol. The molecule has 1 unspecified atom stereocenters. The minimum Gasteiger partial charge on any atom is -0.481 e. The van der Waals surface area contributed by atoms with Gasteiger partial charge < -0.3 is 15.0 Å². The van der Waals surface area contributed by atoms with Gasteiger partial charge in [0.1, 0.15) is 5.75 Å². The lowest BCUT2D eigenvalue weighted by atomic mass is 10.2. The van der Waals surface area contributed by atoms with Crippen LogP contribution >= 0.6 is 0 Å². The van der Waals surface area contributed by atoms with E-state index in [1.807, 2.05) is 0 Å². The molecule has 0 saturated carbocycles. The average molecular weight is 293 g/mol. The fourth-order valence-electron chi connectivity index (χ4n) is 2.26. The van der Waals surface area contributed by atoms with Gasteiger partial charge in [-0.05, 0) is 25.5 Å². The number of benzene rings is 1. The molecule has 1 aliphatic heterocycles. The van der Waals surface area contributed by atoms with Crippen LogP contribution in [0.25, 0.3) is 0 Å². The number of rotatable bonds is 4. The van der Waals surface area contributed by atoms with E-state index in [0.717, 1.165) is 13.1 Å². The van der Waals surface area contributed by atoms with Gasteiger partial charge in [-0.15, -0.1) is 0 Å². The van der Waals surface area contributed by atoms with Gasteiger partial charge in [-0.3, -0.25) is 14.9 Å². The second-order valence-electron chi connectivity index (χ2n) is 5.04. The molecule has 1 aromatic rings. The molecule has 2 rings (SSSR count). The number of nitro benzene ring substituents is 1. The third-order valence-corrected chi connectivity index (χ3v) is 3.45. The van der Waals surface area contributed by atoms with Crippen molar-refractivity contribution in [2.24, 2.45) is 0 Å². The van der Waals surface area contributed by atoms with Crippen LogP contribution in [-0.4, -0.2) is 48.0 Å². The molecule has 1 saturated heterocycles. The van der Waals surface area contributed by atoms with Gasteiger partial charge in [-0.25, -0.2) is 0 Å². The molecule has 1 aromatic carbocycles. The Morgan fingerprint density at radius 3 is 2.67 bits per heavy atom. The van der Waals surface area contributed by atoms with Crippen LogP contribution in [0.1, 0.15) is 12.5 Å². The van der Waals surface area contributed by atoms with Crippen LogP contribution in [0.3, 0.4) is 0 Å². The molecule has 0 radical (unpaired) electrons.